The highest BCUT2D eigenvalue weighted by atomic mass is 16.3. The zero-order chi connectivity index (χ0) is 21.7. The average molecular weight is 416 g/mol. The molecule has 0 spiro atoms. The molecule has 1 aromatic heterocycles. The minimum atomic E-state index is -0.277. The molecule has 2 aliphatic rings. The van der Waals surface area contributed by atoms with Crippen LogP contribution in [0, 0.1) is 0 Å². The van der Waals surface area contributed by atoms with Crippen molar-refractivity contribution in [3.05, 3.63) is 59.7 Å². The maximum atomic E-state index is 13.4. The third-order valence-corrected chi connectivity index (χ3v) is 6.34. The third kappa shape index (κ3) is 3.04. The summed E-state index contributed by atoms with van der Waals surface area (Å²) in [5.74, 6) is -0.478. The zero-order valence-electron chi connectivity index (χ0n) is 17.6. The first-order valence-corrected chi connectivity index (χ1v) is 10.5. The Morgan fingerprint density at radius 1 is 1.06 bits per heavy atom. The van der Waals surface area contributed by atoms with Crippen molar-refractivity contribution in [2.75, 3.05) is 27.2 Å². The van der Waals surface area contributed by atoms with Gasteiger partial charge in [-0.1, -0.05) is 30.3 Å². The van der Waals surface area contributed by atoms with E-state index in [-0.39, 0.29) is 23.4 Å². The molecule has 31 heavy (non-hydrogen) atoms. The van der Waals surface area contributed by atoms with Crippen molar-refractivity contribution in [2.45, 2.75) is 18.9 Å². The van der Waals surface area contributed by atoms with E-state index in [1.54, 1.807) is 29.2 Å². The van der Waals surface area contributed by atoms with Crippen LogP contribution in [0.2, 0.25) is 0 Å². The number of hydrogen-bond acceptors (Lipinski definition) is 5. The predicted octanol–water partition coefficient (Wildman–Crippen LogP) is 3.66. The molecular weight excluding hydrogens is 392 g/mol. The molecule has 158 valence electrons. The number of piperidine rings is 1. The molecule has 0 atom stereocenters. The number of hydrogen-bond donors (Lipinski definition) is 1. The topological polar surface area (TPSA) is 78.1 Å². The van der Waals surface area contributed by atoms with Crippen molar-refractivity contribution in [1.29, 1.82) is 0 Å². The van der Waals surface area contributed by atoms with Crippen molar-refractivity contribution in [3.8, 4) is 5.88 Å². The number of para-hydroxylation sites is 2. The number of rotatable bonds is 2. The standard InChI is InChI=1S/C24H24N4O3/c1-26(2)15-11-13-27(14-12-15)24(31)28-19-10-6-4-8-17(19)20(23(28)30)21-22(29)16-7-3-5-9-18(16)25-21/h3-10,15,30H,11-14H2,1-2H3. The van der Waals surface area contributed by atoms with Crippen LogP contribution in [0.4, 0.5) is 10.5 Å². The minimum absolute atomic E-state index is 0.174. The number of benzene rings is 2. The Morgan fingerprint density at radius 2 is 1.74 bits per heavy atom. The molecule has 7 nitrogen and oxygen atoms in total. The lowest BCUT2D eigenvalue weighted by Crippen LogP contribution is -2.45. The van der Waals surface area contributed by atoms with E-state index in [4.69, 9.17) is 0 Å². The van der Waals surface area contributed by atoms with E-state index < -0.39 is 0 Å². The van der Waals surface area contributed by atoms with E-state index in [0.717, 1.165) is 12.8 Å². The van der Waals surface area contributed by atoms with Crippen LogP contribution in [-0.2, 0) is 0 Å². The van der Waals surface area contributed by atoms with Gasteiger partial charge in [0.2, 0.25) is 11.7 Å². The SMILES string of the molecule is CN(C)C1CCN(C(=O)n2c(O)c(C3=Nc4ccccc4C3=O)c3ccccc32)CC1. The van der Waals surface area contributed by atoms with Gasteiger partial charge in [-0.15, -0.1) is 0 Å². The Bertz CT molecular complexity index is 1230. The predicted molar refractivity (Wildman–Crippen MR) is 120 cm³/mol. The highest BCUT2D eigenvalue weighted by molar-refractivity contribution is 6.56. The molecule has 2 aliphatic heterocycles. The number of likely N-dealkylation sites (tertiary alicyclic amines) is 1. The van der Waals surface area contributed by atoms with Gasteiger partial charge >= 0.3 is 6.03 Å². The number of carbonyl (C=O) groups is 2. The molecule has 3 heterocycles. The maximum Gasteiger partial charge on any atom is 0.331 e. The third-order valence-electron chi connectivity index (χ3n) is 6.34. The molecule has 0 saturated carbocycles. The molecule has 1 saturated heterocycles. The lowest BCUT2D eigenvalue weighted by molar-refractivity contribution is 0.106. The van der Waals surface area contributed by atoms with Gasteiger partial charge in [-0.05, 0) is 45.1 Å². The van der Waals surface area contributed by atoms with Gasteiger partial charge in [0.1, 0.15) is 5.71 Å². The Labute approximate surface area is 180 Å². The summed E-state index contributed by atoms with van der Waals surface area (Å²) in [4.78, 5) is 34.9. The molecule has 0 bridgehead atoms. The molecule has 1 N–H and O–H groups in total. The van der Waals surface area contributed by atoms with Gasteiger partial charge in [0.05, 0.1) is 16.8 Å². The smallest absolute Gasteiger partial charge is 0.331 e. The monoisotopic (exact) mass is 416 g/mol. The number of carbonyl (C=O) groups excluding carboxylic acids is 2. The van der Waals surface area contributed by atoms with Crippen LogP contribution in [0.25, 0.3) is 10.9 Å². The minimum Gasteiger partial charge on any atom is -0.494 e. The first-order chi connectivity index (χ1) is 15.0. The number of nitrogens with zero attached hydrogens (tertiary/aromatic N) is 4. The molecule has 3 aromatic rings. The highest BCUT2D eigenvalue weighted by Crippen LogP contribution is 2.37. The number of Topliss-reactive ketones (excluding diaryl/α,β-unsaturated/α-hetero) is 1. The van der Waals surface area contributed by atoms with E-state index in [2.05, 4.69) is 24.0 Å². The largest absolute Gasteiger partial charge is 0.494 e. The summed E-state index contributed by atoms with van der Waals surface area (Å²) < 4.78 is 1.32. The second-order valence-electron chi connectivity index (χ2n) is 8.32. The van der Waals surface area contributed by atoms with Gasteiger partial charge < -0.3 is 14.9 Å². The van der Waals surface area contributed by atoms with Crippen LogP contribution in [0.3, 0.4) is 0 Å². The second-order valence-corrected chi connectivity index (χ2v) is 8.32. The molecule has 0 radical (unpaired) electrons. The molecule has 0 unspecified atom stereocenters. The van der Waals surface area contributed by atoms with Crippen molar-refractivity contribution in [3.63, 3.8) is 0 Å². The molecule has 1 fully saturated rings. The number of aromatic nitrogens is 1. The molecular formula is C24H24N4O3. The molecule has 2 aromatic carbocycles. The molecule has 5 rings (SSSR count). The lowest BCUT2D eigenvalue weighted by Gasteiger charge is -2.35. The fraction of sp³-hybridized carbons (Fsp3) is 0.292. The summed E-state index contributed by atoms with van der Waals surface area (Å²) in [5.41, 5.74) is 2.14. The van der Waals surface area contributed by atoms with E-state index in [1.165, 1.54) is 4.57 Å². The lowest BCUT2D eigenvalue weighted by atomic mass is 10.0. The quantitative estimate of drug-likeness (QED) is 0.692. The second kappa shape index (κ2) is 7.35. The van der Waals surface area contributed by atoms with Crippen LogP contribution in [0.1, 0.15) is 28.8 Å². The van der Waals surface area contributed by atoms with Gasteiger partial charge in [-0.2, -0.15) is 0 Å². The van der Waals surface area contributed by atoms with E-state index in [0.29, 0.717) is 46.8 Å². The molecule has 0 aliphatic carbocycles. The van der Waals surface area contributed by atoms with Crippen molar-refractivity contribution < 1.29 is 14.7 Å². The summed E-state index contributed by atoms with van der Waals surface area (Å²) in [6.45, 7) is 1.24. The van der Waals surface area contributed by atoms with Crippen molar-refractivity contribution in [1.82, 2.24) is 14.4 Å². The van der Waals surface area contributed by atoms with Crippen LogP contribution >= 0.6 is 0 Å². The number of aliphatic imine (C=N–C) groups is 1. The first-order valence-electron chi connectivity index (χ1n) is 10.5. The summed E-state index contributed by atoms with van der Waals surface area (Å²) in [6.07, 6.45) is 1.76. The van der Waals surface area contributed by atoms with Crippen LogP contribution < -0.4 is 0 Å². The fourth-order valence-corrected chi connectivity index (χ4v) is 4.60. The first kappa shape index (κ1) is 19.5. The van der Waals surface area contributed by atoms with Crippen LogP contribution in [0.5, 0.6) is 5.88 Å². The summed E-state index contributed by atoms with van der Waals surface area (Å²) in [7, 11) is 4.11. The maximum absolute atomic E-state index is 13.4. The highest BCUT2D eigenvalue weighted by Gasteiger charge is 2.34. The Hall–Kier alpha value is -3.45. The molecule has 1 amide bonds. The number of aromatic hydroxyl groups is 1. The number of amides is 1. The average Bonchev–Trinajstić information content (AvgIpc) is 3.26. The number of fused-ring (bicyclic) bond motifs is 2. The van der Waals surface area contributed by atoms with E-state index in [1.807, 2.05) is 24.3 Å². The normalized spacial score (nSPS) is 16.8. The van der Waals surface area contributed by atoms with Gasteiger partial charge in [-0.25, -0.2) is 14.4 Å². The Balaban J connectivity index is 1.57. The van der Waals surface area contributed by atoms with Crippen molar-refractivity contribution >= 4 is 34.1 Å². The summed E-state index contributed by atoms with van der Waals surface area (Å²) in [5, 5.41) is 11.8. The summed E-state index contributed by atoms with van der Waals surface area (Å²) in [6, 6.07) is 14.5. The Kier molecular flexibility index (Phi) is 4.63. The van der Waals surface area contributed by atoms with Gasteiger partial charge in [0.25, 0.3) is 0 Å². The van der Waals surface area contributed by atoms with Gasteiger partial charge in [-0.3, -0.25) is 4.79 Å². The van der Waals surface area contributed by atoms with Gasteiger partial charge in [0, 0.05) is 30.1 Å². The van der Waals surface area contributed by atoms with E-state index in [9.17, 15) is 14.7 Å². The number of ketones is 1. The van der Waals surface area contributed by atoms with Crippen molar-refractivity contribution in [2.24, 2.45) is 4.99 Å². The van der Waals surface area contributed by atoms with E-state index >= 15 is 0 Å². The molecule has 7 heteroatoms. The zero-order valence-corrected chi connectivity index (χ0v) is 17.6. The van der Waals surface area contributed by atoms with Crippen LogP contribution in [0.15, 0.2) is 53.5 Å². The fourth-order valence-electron chi connectivity index (χ4n) is 4.60. The van der Waals surface area contributed by atoms with Crippen LogP contribution in [-0.4, -0.2) is 70.2 Å². The Morgan fingerprint density at radius 3 is 2.45 bits per heavy atom. The summed E-state index contributed by atoms with van der Waals surface area (Å²) >= 11 is 0. The van der Waals surface area contributed by atoms with Gasteiger partial charge in [0.15, 0.2) is 0 Å².